The van der Waals surface area contributed by atoms with E-state index in [1.165, 1.54) is 0 Å². The van der Waals surface area contributed by atoms with E-state index in [1.807, 2.05) is 13.8 Å². The maximum Gasteiger partial charge on any atom is 0.244 e. The number of aryl methyl sites for hydroxylation is 1. The van der Waals surface area contributed by atoms with Crippen molar-refractivity contribution in [2.24, 2.45) is 0 Å². The molecule has 0 saturated carbocycles. The second kappa shape index (κ2) is 6.20. The molecule has 1 rings (SSSR count). The Morgan fingerprint density at radius 3 is 2.56 bits per heavy atom. The molecule has 1 N–H and O–H groups in total. The summed E-state index contributed by atoms with van der Waals surface area (Å²) in [6.45, 7) is 7.98. The predicted molar refractivity (Wildman–Crippen MR) is 72.4 cm³/mol. The fourth-order valence-corrected chi connectivity index (χ4v) is 2.91. The zero-order chi connectivity index (χ0) is 13.8. The maximum atomic E-state index is 12.1. The largest absolute Gasteiger partial charge is 0.492 e. The Morgan fingerprint density at radius 2 is 2.00 bits per heavy atom. The van der Waals surface area contributed by atoms with Crippen molar-refractivity contribution in [3.05, 3.63) is 23.8 Å². The minimum atomic E-state index is -3.51. The van der Waals surface area contributed by atoms with Crippen LogP contribution in [0.25, 0.3) is 0 Å². The third-order valence-corrected chi connectivity index (χ3v) is 3.94. The molecule has 0 bridgehead atoms. The van der Waals surface area contributed by atoms with Crippen LogP contribution in [0.5, 0.6) is 5.75 Å². The van der Waals surface area contributed by atoms with Crippen molar-refractivity contribution in [2.45, 2.75) is 45.1 Å². The van der Waals surface area contributed by atoms with Crippen LogP contribution in [0, 0.1) is 6.92 Å². The summed E-state index contributed by atoms with van der Waals surface area (Å²) in [7, 11) is -3.51. The molecule has 1 aromatic rings. The summed E-state index contributed by atoms with van der Waals surface area (Å²) in [6.07, 6.45) is 0.838. The highest BCUT2D eigenvalue weighted by atomic mass is 32.2. The second-order valence-corrected chi connectivity index (χ2v) is 6.26. The maximum absolute atomic E-state index is 12.1. The van der Waals surface area contributed by atoms with Gasteiger partial charge >= 0.3 is 0 Å². The van der Waals surface area contributed by atoms with E-state index in [9.17, 15) is 8.42 Å². The van der Waals surface area contributed by atoms with Crippen LogP contribution in [0.3, 0.4) is 0 Å². The van der Waals surface area contributed by atoms with E-state index < -0.39 is 10.0 Å². The highest BCUT2D eigenvalue weighted by Crippen LogP contribution is 2.25. The number of ether oxygens (including phenoxy) is 1. The smallest absolute Gasteiger partial charge is 0.244 e. The first-order valence-electron chi connectivity index (χ1n) is 6.12. The van der Waals surface area contributed by atoms with Gasteiger partial charge in [-0.25, -0.2) is 13.1 Å². The zero-order valence-electron chi connectivity index (χ0n) is 11.4. The van der Waals surface area contributed by atoms with Crippen LogP contribution in [-0.2, 0) is 10.0 Å². The third kappa shape index (κ3) is 3.99. The molecule has 1 aromatic carbocycles. The van der Waals surface area contributed by atoms with Crippen LogP contribution in [-0.4, -0.2) is 21.1 Å². The summed E-state index contributed by atoms with van der Waals surface area (Å²) in [5.41, 5.74) is 0.976. The number of hydrogen-bond donors (Lipinski definition) is 1. The van der Waals surface area contributed by atoms with Gasteiger partial charge in [0.2, 0.25) is 10.0 Å². The van der Waals surface area contributed by atoms with Gasteiger partial charge in [-0.15, -0.1) is 0 Å². The summed E-state index contributed by atoms with van der Waals surface area (Å²) in [4.78, 5) is 0.204. The molecule has 0 amide bonds. The van der Waals surface area contributed by atoms with Crippen LogP contribution in [0.1, 0.15) is 32.8 Å². The molecule has 0 heterocycles. The SMILES string of the molecule is CCCOc1cc(C)ccc1S(=O)(=O)NC(C)C. The van der Waals surface area contributed by atoms with Gasteiger partial charge in [0.05, 0.1) is 6.61 Å². The molecule has 4 nitrogen and oxygen atoms in total. The number of hydrogen-bond acceptors (Lipinski definition) is 3. The van der Waals surface area contributed by atoms with Crippen molar-refractivity contribution in [1.29, 1.82) is 0 Å². The molecule has 0 radical (unpaired) electrons. The molecule has 0 spiro atoms. The molecule has 0 atom stereocenters. The fourth-order valence-electron chi connectivity index (χ4n) is 1.54. The van der Waals surface area contributed by atoms with E-state index in [1.54, 1.807) is 32.0 Å². The van der Waals surface area contributed by atoms with Crippen LogP contribution in [0.15, 0.2) is 23.1 Å². The average molecular weight is 271 g/mol. The van der Waals surface area contributed by atoms with E-state index >= 15 is 0 Å². The van der Waals surface area contributed by atoms with Gasteiger partial charge in [0, 0.05) is 6.04 Å². The van der Waals surface area contributed by atoms with Gasteiger partial charge in [0.1, 0.15) is 10.6 Å². The summed E-state index contributed by atoms with van der Waals surface area (Å²) >= 11 is 0. The first-order chi connectivity index (χ1) is 8.36. The lowest BCUT2D eigenvalue weighted by atomic mass is 10.2. The normalized spacial score (nSPS) is 11.8. The van der Waals surface area contributed by atoms with Crippen LogP contribution in [0.4, 0.5) is 0 Å². The molecule has 0 unspecified atom stereocenters. The Morgan fingerprint density at radius 1 is 1.33 bits per heavy atom. The van der Waals surface area contributed by atoms with Gasteiger partial charge in [-0.05, 0) is 44.9 Å². The Labute approximate surface area is 109 Å². The summed E-state index contributed by atoms with van der Waals surface area (Å²) in [5, 5.41) is 0. The molecule has 0 aliphatic carbocycles. The molecule has 102 valence electrons. The van der Waals surface area contributed by atoms with E-state index in [0.29, 0.717) is 12.4 Å². The van der Waals surface area contributed by atoms with Crippen LogP contribution < -0.4 is 9.46 Å². The summed E-state index contributed by atoms with van der Waals surface area (Å²) in [5.74, 6) is 0.421. The first kappa shape index (κ1) is 15.0. The van der Waals surface area contributed by atoms with E-state index in [0.717, 1.165) is 12.0 Å². The lowest BCUT2D eigenvalue weighted by molar-refractivity contribution is 0.309. The van der Waals surface area contributed by atoms with Gasteiger partial charge in [0.25, 0.3) is 0 Å². The Balaban J connectivity index is 3.14. The molecule has 0 aromatic heterocycles. The number of benzene rings is 1. The van der Waals surface area contributed by atoms with Crippen molar-refractivity contribution in [3.8, 4) is 5.75 Å². The van der Waals surface area contributed by atoms with Crippen LogP contribution in [0.2, 0.25) is 0 Å². The van der Waals surface area contributed by atoms with Gasteiger partial charge in [-0.1, -0.05) is 13.0 Å². The zero-order valence-corrected chi connectivity index (χ0v) is 12.2. The summed E-state index contributed by atoms with van der Waals surface area (Å²) < 4.78 is 32.4. The van der Waals surface area contributed by atoms with E-state index in [4.69, 9.17) is 4.74 Å². The van der Waals surface area contributed by atoms with Gasteiger partial charge in [0.15, 0.2) is 0 Å². The molecular weight excluding hydrogens is 250 g/mol. The number of rotatable bonds is 6. The number of sulfonamides is 1. The Hall–Kier alpha value is -1.07. The minimum Gasteiger partial charge on any atom is -0.492 e. The van der Waals surface area contributed by atoms with Crippen molar-refractivity contribution < 1.29 is 13.2 Å². The van der Waals surface area contributed by atoms with E-state index in [2.05, 4.69) is 4.72 Å². The van der Waals surface area contributed by atoms with Crippen molar-refractivity contribution in [1.82, 2.24) is 4.72 Å². The summed E-state index contributed by atoms with van der Waals surface area (Å²) in [6, 6.07) is 4.97. The topological polar surface area (TPSA) is 55.4 Å². The van der Waals surface area contributed by atoms with Gasteiger partial charge in [-0.3, -0.25) is 0 Å². The quantitative estimate of drug-likeness (QED) is 0.864. The molecule has 5 heteroatoms. The first-order valence-corrected chi connectivity index (χ1v) is 7.61. The monoisotopic (exact) mass is 271 g/mol. The standard InChI is InChI=1S/C13H21NO3S/c1-5-8-17-12-9-11(4)6-7-13(12)18(15,16)14-10(2)3/h6-7,9-10,14H,5,8H2,1-4H3. The lowest BCUT2D eigenvalue weighted by Crippen LogP contribution is -2.30. The molecule has 0 saturated heterocycles. The van der Waals surface area contributed by atoms with Crippen LogP contribution >= 0.6 is 0 Å². The van der Waals surface area contributed by atoms with Crippen molar-refractivity contribution in [3.63, 3.8) is 0 Å². The lowest BCUT2D eigenvalue weighted by Gasteiger charge is -2.14. The molecule has 18 heavy (non-hydrogen) atoms. The molecular formula is C13H21NO3S. The Bertz CT molecular complexity index is 495. The van der Waals surface area contributed by atoms with E-state index in [-0.39, 0.29) is 10.9 Å². The van der Waals surface area contributed by atoms with Crippen molar-refractivity contribution >= 4 is 10.0 Å². The highest BCUT2D eigenvalue weighted by Gasteiger charge is 2.20. The average Bonchev–Trinajstić information content (AvgIpc) is 2.24. The predicted octanol–water partition coefficient (Wildman–Crippen LogP) is 2.47. The van der Waals surface area contributed by atoms with Gasteiger partial charge in [-0.2, -0.15) is 0 Å². The molecule has 0 fully saturated rings. The highest BCUT2D eigenvalue weighted by molar-refractivity contribution is 7.89. The Kier molecular flexibility index (Phi) is 5.16. The minimum absolute atomic E-state index is 0.143. The van der Waals surface area contributed by atoms with Crippen molar-refractivity contribution in [2.75, 3.05) is 6.61 Å². The molecule has 0 aliphatic rings. The molecule has 0 aliphatic heterocycles. The second-order valence-electron chi connectivity index (χ2n) is 4.57. The third-order valence-electron chi connectivity index (χ3n) is 2.24. The fraction of sp³-hybridized carbons (Fsp3) is 0.538. The number of nitrogens with one attached hydrogen (secondary N) is 1. The van der Waals surface area contributed by atoms with Gasteiger partial charge < -0.3 is 4.74 Å².